The van der Waals surface area contributed by atoms with Crippen LogP contribution in [0.3, 0.4) is 0 Å². The lowest BCUT2D eigenvalue weighted by Gasteiger charge is -2.55. The van der Waals surface area contributed by atoms with Gasteiger partial charge < -0.3 is 15.4 Å². The SMILES string of the molecule is CC(C)CN=C(NCC1CCS(=O)(=O)C1)NC1C2CCOC2C1(C)C.I. The van der Waals surface area contributed by atoms with Crippen molar-refractivity contribution in [3.8, 4) is 0 Å². The molecule has 0 bridgehead atoms. The van der Waals surface area contributed by atoms with E-state index in [0.717, 1.165) is 32.0 Å². The van der Waals surface area contributed by atoms with Gasteiger partial charge in [-0.2, -0.15) is 0 Å². The first-order chi connectivity index (χ1) is 11.7. The highest BCUT2D eigenvalue weighted by atomic mass is 127. The number of sulfone groups is 1. The van der Waals surface area contributed by atoms with Crippen LogP contribution in [0.1, 0.15) is 40.5 Å². The molecule has 1 aliphatic carbocycles. The molecule has 1 saturated carbocycles. The van der Waals surface area contributed by atoms with Crippen LogP contribution < -0.4 is 10.6 Å². The molecule has 2 saturated heterocycles. The van der Waals surface area contributed by atoms with Gasteiger partial charge in [0.1, 0.15) is 0 Å². The van der Waals surface area contributed by atoms with Gasteiger partial charge >= 0.3 is 0 Å². The average Bonchev–Trinajstić information content (AvgIpc) is 3.11. The molecule has 2 aliphatic heterocycles. The van der Waals surface area contributed by atoms with Gasteiger partial charge in [0.25, 0.3) is 0 Å². The summed E-state index contributed by atoms with van der Waals surface area (Å²) in [7, 11) is -2.83. The number of nitrogens with zero attached hydrogens (tertiary/aromatic N) is 1. The Morgan fingerprint density at radius 2 is 2.04 bits per heavy atom. The van der Waals surface area contributed by atoms with Crippen molar-refractivity contribution in [3.63, 3.8) is 0 Å². The van der Waals surface area contributed by atoms with Crippen LogP contribution in [0.25, 0.3) is 0 Å². The Labute approximate surface area is 175 Å². The highest BCUT2D eigenvalue weighted by Crippen LogP contribution is 2.52. The molecule has 4 unspecified atom stereocenters. The standard InChI is InChI=1S/C18H33N3O3S.HI/c1-12(2)9-19-17(20-10-13-6-8-25(22,23)11-13)21-15-14-5-7-24-16(14)18(15,3)4;/h12-16H,5-11H2,1-4H3,(H2,19,20,21);1H. The molecule has 0 spiro atoms. The zero-order chi connectivity index (χ0) is 18.2. The van der Waals surface area contributed by atoms with Crippen LogP contribution in [0.15, 0.2) is 4.99 Å². The zero-order valence-electron chi connectivity index (χ0n) is 16.3. The van der Waals surface area contributed by atoms with E-state index in [1.54, 1.807) is 0 Å². The van der Waals surface area contributed by atoms with Crippen LogP contribution in [0.5, 0.6) is 0 Å². The highest BCUT2D eigenvalue weighted by molar-refractivity contribution is 14.0. The van der Waals surface area contributed by atoms with E-state index in [9.17, 15) is 8.42 Å². The molecule has 0 aromatic carbocycles. The minimum absolute atomic E-state index is 0. The van der Waals surface area contributed by atoms with Crippen molar-refractivity contribution >= 4 is 39.8 Å². The number of nitrogens with one attached hydrogen (secondary N) is 2. The van der Waals surface area contributed by atoms with Crippen LogP contribution in [-0.4, -0.2) is 57.7 Å². The summed E-state index contributed by atoms with van der Waals surface area (Å²) in [5.74, 6) is 2.66. The molecule has 3 aliphatic rings. The van der Waals surface area contributed by atoms with Crippen molar-refractivity contribution in [2.45, 2.75) is 52.7 Å². The van der Waals surface area contributed by atoms with Gasteiger partial charge in [-0.25, -0.2) is 8.42 Å². The van der Waals surface area contributed by atoms with Crippen molar-refractivity contribution in [2.24, 2.45) is 28.2 Å². The second-order valence-electron chi connectivity index (χ2n) is 8.92. The lowest BCUT2D eigenvalue weighted by molar-refractivity contribution is -0.106. The van der Waals surface area contributed by atoms with Crippen molar-refractivity contribution in [3.05, 3.63) is 0 Å². The summed E-state index contributed by atoms with van der Waals surface area (Å²) in [6.45, 7) is 11.1. The Hall–Kier alpha value is -0.0900. The Morgan fingerprint density at radius 3 is 2.65 bits per heavy atom. The fraction of sp³-hybridized carbons (Fsp3) is 0.944. The van der Waals surface area contributed by atoms with E-state index in [1.807, 2.05) is 0 Å². The maximum Gasteiger partial charge on any atom is 0.191 e. The first kappa shape index (κ1) is 22.2. The van der Waals surface area contributed by atoms with Gasteiger partial charge in [-0.15, -0.1) is 24.0 Å². The van der Waals surface area contributed by atoms with Crippen LogP contribution >= 0.6 is 24.0 Å². The van der Waals surface area contributed by atoms with Gasteiger partial charge in [0.2, 0.25) is 0 Å². The monoisotopic (exact) mass is 499 g/mol. The minimum atomic E-state index is -2.83. The lowest BCUT2D eigenvalue weighted by Crippen LogP contribution is -2.68. The number of rotatable bonds is 5. The third kappa shape index (κ3) is 4.84. The van der Waals surface area contributed by atoms with Gasteiger partial charge in [0.05, 0.1) is 17.6 Å². The third-order valence-corrected chi connectivity index (χ3v) is 7.73. The summed E-state index contributed by atoms with van der Waals surface area (Å²) < 4.78 is 29.2. The van der Waals surface area contributed by atoms with E-state index < -0.39 is 9.84 Å². The smallest absolute Gasteiger partial charge is 0.191 e. The number of guanidine groups is 1. The molecule has 0 aromatic heterocycles. The van der Waals surface area contributed by atoms with E-state index >= 15 is 0 Å². The summed E-state index contributed by atoms with van der Waals surface area (Å²) in [5, 5.41) is 7.03. The molecule has 8 heteroatoms. The molecule has 152 valence electrons. The minimum Gasteiger partial charge on any atom is -0.377 e. The number of aliphatic imine (C=N–C) groups is 1. The maximum atomic E-state index is 11.7. The summed E-state index contributed by atoms with van der Waals surface area (Å²) in [6.07, 6.45) is 2.20. The quantitative estimate of drug-likeness (QED) is 0.344. The first-order valence-electron chi connectivity index (χ1n) is 9.56. The lowest BCUT2D eigenvalue weighted by atomic mass is 9.57. The molecule has 2 N–H and O–H groups in total. The Morgan fingerprint density at radius 1 is 1.31 bits per heavy atom. The topological polar surface area (TPSA) is 79.8 Å². The van der Waals surface area contributed by atoms with Crippen LogP contribution in [-0.2, 0) is 14.6 Å². The first-order valence-corrected chi connectivity index (χ1v) is 11.4. The number of hydrogen-bond acceptors (Lipinski definition) is 4. The van der Waals surface area contributed by atoms with Gasteiger partial charge in [-0.3, -0.25) is 4.99 Å². The molecule has 4 atom stereocenters. The fourth-order valence-electron chi connectivity index (χ4n) is 4.46. The predicted molar refractivity (Wildman–Crippen MR) is 116 cm³/mol. The van der Waals surface area contributed by atoms with E-state index in [2.05, 4.69) is 38.3 Å². The van der Waals surface area contributed by atoms with Crippen LogP contribution in [0.2, 0.25) is 0 Å². The summed E-state index contributed by atoms with van der Waals surface area (Å²) in [4.78, 5) is 4.73. The van der Waals surface area contributed by atoms with Gasteiger partial charge in [-0.1, -0.05) is 27.7 Å². The van der Waals surface area contributed by atoms with Gasteiger partial charge in [0, 0.05) is 37.1 Å². The fourth-order valence-corrected chi connectivity index (χ4v) is 6.33. The van der Waals surface area contributed by atoms with Gasteiger partial charge in [0.15, 0.2) is 15.8 Å². The molecule has 26 heavy (non-hydrogen) atoms. The molecular weight excluding hydrogens is 465 g/mol. The van der Waals surface area contributed by atoms with Crippen molar-refractivity contribution in [2.75, 3.05) is 31.2 Å². The second kappa shape index (κ2) is 8.51. The van der Waals surface area contributed by atoms with Crippen molar-refractivity contribution in [1.29, 1.82) is 0 Å². The van der Waals surface area contributed by atoms with Crippen molar-refractivity contribution < 1.29 is 13.2 Å². The highest BCUT2D eigenvalue weighted by Gasteiger charge is 2.59. The number of halogens is 1. The summed E-state index contributed by atoms with van der Waals surface area (Å²) >= 11 is 0. The molecule has 0 radical (unpaired) electrons. The molecule has 0 amide bonds. The third-order valence-electron chi connectivity index (χ3n) is 5.89. The van der Waals surface area contributed by atoms with Crippen LogP contribution in [0, 0.1) is 23.2 Å². The Bertz CT molecular complexity index is 621. The average molecular weight is 499 g/mol. The number of hydrogen-bond donors (Lipinski definition) is 2. The molecule has 3 fully saturated rings. The molecule has 0 aromatic rings. The van der Waals surface area contributed by atoms with Crippen molar-refractivity contribution in [1.82, 2.24) is 10.6 Å². The molecular formula is C18H34IN3O3S. The maximum absolute atomic E-state index is 11.7. The Balaban J connectivity index is 0.00000243. The van der Waals surface area contributed by atoms with Crippen LogP contribution in [0.4, 0.5) is 0 Å². The van der Waals surface area contributed by atoms with E-state index in [-0.39, 0.29) is 35.3 Å². The van der Waals surface area contributed by atoms with E-state index in [0.29, 0.717) is 42.0 Å². The normalized spacial score (nSPS) is 34.7. The summed E-state index contributed by atoms with van der Waals surface area (Å²) in [6, 6.07) is 0.353. The molecule has 2 heterocycles. The van der Waals surface area contributed by atoms with Gasteiger partial charge in [-0.05, 0) is 24.7 Å². The zero-order valence-corrected chi connectivity index (χ0v) is 19.5. The number of fused-ring (bicyclic) bond motifs is 1. The molecule has 6 nitrogen and oxygen atoms in total. The molecule has 3 rings (SSSR count). The summed E-state index contributed by atoms with van der Waals surface area (Å²) in [5.41, 5.74) is 0.0954. The largest absolute Gasteiger partial charge is 0.377 e. The van der Waals surface area contributed by atoms with E-state index in [4.69, 9.17) is 9.73 Å². The second-order valence-corrected chi connectivity index (χ2v) is 11.1. The van der Waals surface area contributed by atoms with E-state index in [1.165, 1.54) is 0 Å². The predicted octanol–water partition coefficient (Wildman–Crippen LogP) is 2.04. The number of ether oxygens (including phenoxy) is 1. The Kier molecular flexibility index (Phi) is 7.27.